The average Bonchev–Trinajstić information content (AvgIpc) is 3.34. The van der Waals surface area contributed by atoms with Crippen LogP contribution in [0.1, 0.15) is 50.5 Å². The van der Waals surface area contributed by atoms with Crippen molar-refractivity contribution in [2.75, 3.05) is 62.9 Å². The van der Waals surface area contributed by atoms with E-state index in [-0.39, 0.29) is 44.9 Å². The second-order valence-electron chi connectivity index (χ2n) is 13.5. The van der Waals surface area contributed by atoms with Gasteiger partial charge in [-0.15, -0.1) is 6.42 Å². The number of rotatable bonds is 9. The van der Waals surface area contributed by atoms with Crippen LogP contribution in [0.25, 0.3) is 32.9 Å². The molecule has 0 spiro atoms. The van der Waals surface area contributed by atoms with Crippen molar-refractivity contribution < 1.29 is 27.6 Å². The molecule has 2 saturated heterocycles. The Hall–Kier alpha value is -3.92. The van der Waals surface area contributed by atoms with Gasteiger partial charge in [-0.2, -0.15) is 9.97 Å². The highest BCUT2D eigenvalue weighted by atomic mass is 32.2. The molecular formula is C37H41F2N5O4S. The van der Waals surface area contributed by atoms with Crippen molar-refractivity contribution in [2.24, 2.45) is 5.41 Å². The summed E-state index contributed by atoms with van der Waals surface area (Å²) in [5.41, 5.74) is -0.0501. The van der Waals surface area contributed by atoms with E-state index in [9.17, 15) is 13.7 Å². The normalized spacial score (nSPS) is 22.2. The van der Waals surface area contributed by atoms with Crippen LogP contribution in [0.15, 0.2) is 30.5 Å². The van der Waals surface area contributed by atoms with Gasteiger partial charge in [0.1, 0.15) is 28.6 Å². The van der Waals surface area contributed by atoms with Crippen molar-refractivity contribution in [2.45, 2.75) is 51.0 Å². The van der Waals surface area contributed by atoms with Gasteiger partial charge in [0.25, 0.3) is 0 Å². The molecule has 1 N–H and O–H groups in total. The van der Waals surface area contributed by atoms with Gasteiger partial charge in [-0.1, -0.05) is 18.4 Å². The number of likely N-dealkylation sites (tertiary alicyclic amines) is 1. The highest BCUT2D eigenvalue weighted by Crippen LogP contribution is 2.48. The number of aromatic nitrogens is 3. The van der Waals surface area contributed by atoms with Gasteiger partial charge < -0.3 is 19.5 Å². The van der Waals surface area contributed by atoms with Gasteiger partial charge in [0.2, 0.25) is 0 Å². The number of anilines is 1. The summed E-state index contributed by atoms with van der Waals surface area (Å²) in [5.74, 6) is 2.09. The molecule has 4 aromatic rings. The van der Waals surface area contributed by atoms with E-state index < -0.39 is 22.4 Å². The summed E-state index contributed by atoms with van der Waals surface area (Å²) in [5, 5.41) is 11.7. The maximum absolute atomic E-state index is 16.9. The largest absolute Gasteiger partial charge is 0.508 e. The number of piperidine rings is 1. The minimum Gasteiger partial charge on any atom is -0.508 e. The van der Waals surface area contributed by atoms with E-state index in [0.29, 0.717) is 61.3 Å². The molecule has 0 bridgehead atoms. The Morgan fingerprint density at radius 3 is 2.84 bits per heavy atom. The van der Waals surface area contributed by atoms with Crippen LogP contribution in [-0.2, 0) is 15.5 Å². The molecule has 7 rings (SSSR count). The summed E-state index contributed by atoms with van der Waals surface area (Å²) in [6.07, 6.45) is 15.9. The molecule has 49 heavy (non-hydrogen) atoms. The molecule has 2 aromatic carbocycles. The predicted molar refractivity (Wildman–Crippen MR) is 187 cm³/mol. The summed E-state index contributed by atoms with van der Waals surface area (Å²) < 4.78 is 55.7. The summed E-state index contributed by atoms with van der Waals surface area (Å²) in [4.78, 5) is 18.6. The Morgan fingerprint density at radius 1 is 1.14 bits per heavy atom. The number of aromatic hydroxyl groups is 1. The van der Waals surface area contributed by atoms with Gasteiger partial charge in [0.15, 0.2) is 5.82 Å². The zero-order valence-corrected chi connectivity index (χ0v) is 28.5. The van der Waals surface area contributed by atoms with Crippen LogP contribution in [0.3, 0.4) is 0 Å². The van der Waals surface area contributed by atoms with E-state index in [1.807, 2.05) is 0 Å². The maximum atomic E-state index is 16.9. The van der Waals surface area contributed by atoms with Gasteiger partial charge in [-0.05, 0) is 75.2 Å². The van der Waals surface area contributed by atoms with Crippen LogP contribution in [-0.4, -0.2) is 93.2 Å². The van der Waals surface area contributed by atoms with Crippen LogP contribution >= 0.6 is 0 Å². The summed E-state index contributed by atoms with van der Waals surface area (Å²) in [7, 11) is -0.812. The second-order valence-corrected chi connectivity index (χ2v) is 15.0. The number of hydrogen-bond acceptors (Lipinski definition) is 9. The molecule has 4 heterocycles. The lowest BCUT2D eigenvalue weighted by Crippen LogP contribution is -2.52. The molecule has 3 aliphatic rings. The second kappa shape index (κ2) is 14.1. The molecule has 9 nitrogen and oxygen atoms in total. The molecule has 1 saturated carbocycles. The Morgan fingerprint density at radius 2 is 2.00 bits per heavy atom. The molecule has 2 aliphatic heterocycles. The first kappa shape index (κ1) is 33.6. The summed E-state index contributed by atoms with van der Waals surface area (Å²) >= 11 is 0. The maximum Gasteiger partial charge on any atom is 0.319 e. The fourth-order valence-electron chi connectivity index (χ4n) is 8.18. The van der Waals surface area contributed by atoms with Crippen LogP contribution in [0, 0.1) is 29.4 Å². The van der Waals surface area contributed by atoms with Crippen LogP contribution in [0.5, 0.6) is 11.8 Å². The highest BCUT2D eigenvalue weighted by molar-refractivity contribution is 7.84. The Labute approximate surface area is 287 Å². The van der Waals surface area contributed by atoms with Crippen molar-refractivity contribution in [1.29, 1.82) is 0 Å². The molecule has 258 valence electrons. The first-order chi connectivity index (χ1) is 23.8. The average molecular weight is 690 g/mol. The van der Waals surface area contributed by atoms with Crippen LogP contribution < -0.4 is 9.64 Å². The fourth-order valence-corrected chi connectivity index (χ4v) is 8.72. The molecule has 3 atom stereocenters. The summed E-state index contributed by atoms with van der Waals surface area (Å²) in [6.45, 7) is 4.66. The van der Waals surface area contributed by atoms with E-state index in [4.69, 9.17) is 20.9 Å². The van der Waals surface area contributed by atoms with E-state index in [0.717, 1.165) is 58.0 Å². The molecule has 3 fully saturated rings. The minimum absolute atomic E-state index is 0.0172. The van der Waals surface area contributed by atoms with Crippen LogP contribution in [0.4, 0.5) is 14.6 Å². The zero-order valence-electron chi connectivity index (χ0n) is 27.7. The lowest BCUT2D eigenvalue weighted by atomic mass is 9.75. The number of hydrogen-bond donors (Lipinski definition) is 1. The molecule has 3 unspecified atom stereocenters. The predicted octanol–water partition coefficient (Wildman–Crippen LogP) is 5.82. The number of benzene rings is 2. The topological polar surface area (TPSA) is 101 Å². The first-order valence-corrected chi connectivity index (χ1v) is 18.8. The number of phenolic OH excluding ortho intramolecular Hbond substituents is 1. The SMILES string of the molecule is C#Cc1c(F)ccc2cc(O)cc(-c3ncc4c(N5CCCOCC5)nc(OCC56CCCC5N(CCCS(C)=O)CCC6)nc4c3F)c12. The Bertz CT molecular complexity index is 1950. The first-order valence-electron chi connectivity index (χ1n) is 17.1. The number of ether oxygens (including phenoxy) is 2. The van der Waals surface area contributed by atoms with E-state index in [2.05, 4.69) is 25.7 Å². The standard InChI is InChI=1S/C37H41F2N5O4S/c1-3-26-29(38)10-9-24-20-25(45)21-27(31(24)26)33-32(39)34-28(22-40-33)35(44-14-6-17-47-18-16-44)42-36(41-34)48-23-37-11-4-8-30(37)43(13-5-12-37)15-7-19-49(2)46/h1,9-10,20-22,30,45H,4-8,11-19,23H2,2H3. The number of phenols is 1. The van der Waals surface area contributed by atoms with Gasteiger partial charge in [0, 0.05) is 71.1 Å². The molecule has 0 radical (unpaired) electrons. The smallest absolute Gasteiger partial charge is 0.319 e. The lowest BCUT2D eigenvalue weighted by molar-refractivity contribution is -0.0000163. The quantitative estimate of drug-likeness (QED) is 0.218. The van der Waals surface area contributed by atoms with Gasteiger partial charge in [-0.25, -0.2) is 8.78 Å². The molecule has 2 aromatic heterocycles. The molecular weight excluding hydrogens is 649 g/mol. The van der Waals surface area contributed by atoms with Crippen molar-refractivity contribution in [1.82, 2.24) is 19.9 Å². The van der Waals surface area contributed by atoms with Gasteiger partial charge >= 0.3 is 6.01 Å². The third-order valence-corrected chi connectivity index (χ3v) is 11.3. The number of nitrogens with zero attached hydrogens (tertiary/aromatic N) is 5. The van der Waals surface area contributed by atoms with Crippen molar-refractivity contribution in [3.63, 3.8) is 0 Å². The molecule has 1 aliphatic carbocycles. The Balaban J connectivity index is 1.29. The molecule has 0 amide bonds. The third kappa shape index (κ3) is 6.56. The molecule has 12 heteroatoms. The van der Waals surface area contributed by atoms with Crippen molar-refractivity contribution in [3.05, 3.63) is 47.7 Å². The lowest BCUT2D eigenvalue weighted by Gasteiger charge is -2.46. The van der Waals surface area contributed by atoms with E-state index in [1.54, 1.807) is 6.26 Å². The van der Waals surface area contributed by atoms with Gasteiger partial charge in [0.05, 0.1) is 24.2 Å². The minimum atomic E-state index is -0.812. The van der Waals surface area contributed by atoms with Crippen molar-refractivity contribution in [3.8, 4) is 35.4 Å². The highest BCUT2D eigenvalue weighted by Gasteiger charge is 2.48. The third-order valence-electron chi connectivity index (χ3n) is 10.4. The van der Waals surface area contributed by atoms with Crippen molar-refractivity contribution >= 4 is 38.3 Å². The monoisotopic (exact) mass is 689 g/mol. The zero-order chi connectivity index (χ0) is 34.1. The number of fused-ring (bicyclic) bond motifs is 3. The Kier molecular flexibility index (Phi) is 9.68. The fraction of sp³-hybridized carbons (Fsp3) is 0.486. The number of halogens is 2. The van der Waals surface area contributed by atoms with Crippen LogP contribution in [0.2, 0.25) is 0 Å². The van der Waals surface area contributed by atoms with E-state index in [1.165, 1.54) is 30.5 Å². The van der Waals surface area contributed by atoms with Gasteiger partial charge in [-0.3, -0.25) is 14.1 Å². The number of pyridine rings is 1. The number of terminal acetylenes is 1. The van der Waals surface area contributed by atoms with E-state index >= 15 is 4.39 Å². The summed E-state index contributed by atoms with van der Waals surface area (Å²) in [6, 6.07) is 5.96.